The van der Waals surface area contributed by atoms with Crippen LogP contribution in [0.25, 0.3) is 11.0 Å². The summed E-state index contributed by atoms with van der Waals surface area (Å²) in [5.41, 5.74) is 4.43. The first kappa shape index (κ1) is 23.1. The second-order valence-corrected chi connectivity index (χ2v) is 9.29. The molecule has 3 aromatic heterocycles. The Morgan fingerprint density at radius 1 is 1.18 bits per heavy atom. The van der Waals surface area contributed by atoms with E-state index in [-0.39, 0.29) is 36.4 Å². The zero-order valence-electron chi connectivity index (χ0n) is 18.9. The maximum absolute atomic E-state index is 14.2. The molecule has 0 radical (unpaired) electrons. The molecule has 8 nitrogen and oxygen atoms in total. The van der Waals surface area contributed by atoms with E-state index in [1.807, 2.05) is 0 Å². The lowest BCUT2D eigenvalue weighted by Gasteiger charge is -2.36. The molecule has 0 amide bonds. The lowest BCUT2D eigenvalue weighted by molar-refractivity contribution is 0.137. The number of aryl methyl sites for hydroxylation is 2. The number of nitrogens with zero attached hydrogens (tertiary/aromatic N) is 5. The number of likely N-dealkylation sites (tertiary alicyclic amines) is 1. The van der Waals surface area contributed by atoms with Gasteiger partial charge < -0.3 is 15.0 Å². The smallest absolute Gasteiger partial charge is 0.251 e. The van der Waals surface area contributed by atoms with E-state index < -0.39 is 5.82 Å². The summed E-state index contributed by atoms with van der Waals surface area (Å²) in [5.74, 6) is -0.397. The maximum atomic E-state index is 14.2. The number of fused-ring (bicyclic) bond motifs is 1. The van der Waals surface area contributed by atoms with Crippen LogP contribution in [-0.2, 0) is 19.4 Å². The number of halogens is 2. The molecule has 5 heterocycles. The Labute approximate surface area is 202 Å². The first-order valence-corrected chi connectivity index (χ1v) is 11.8. The van der Waals surface area contributed by atoms with Gasteiger partial charge in [-0.25, -0.2) is 4.39 Å². The molecule has 2 aliphatic heterocycles. The molecule has 1 atom stereocenters. The molecule has 1 saturated heterocycles. The molecule has 0 bridgehead atoms. The molecule has 0 unspecified atom stereocenters. The molecule has 1 fully saturated rings. The van der Waals surface area contributed by atoms with Crippen LogP contribution in [0.2, 0.25) is 0 Å². The Morgan fingerprint density at radius 3 is 2.88 bits per heavy atom. The molecule has 1 aliphatic carbocycles. The van der Waals surface area contributed by atoms with Crippen LogP contribution < -0.4 is 15.6 Å². The van der Waals surface area contributed by atoms with Crippen LogP contribution in [0.1, 0.15) is 42.3 Å². The zero-order chi connectivity index (χ0) is 22.4. The molecule has 180 valence electrons. The van der Waals surface area contributed by atoms with E-state index in [0.717, 1.165) is 62.9 Å². The van der Waals surface area contributed by atoms with Crippen molar-refractivity contribution in [1.29, 1.82) is 0 Å². The topological polar surface area (TPSA) is 85.2 Å². The fraction of sp³-hybridized carbons (Fsp3) is 0.500. The van der Waals surface area contributed by atoms with Gasteiger partial charge in [0.15, 0.2) is 11.6 Å². The van der Waals surface area contributed by atoms with Gasteiger partial charge in [0.25, 0.3) is 5.56 Å². The van der Waals surface area contributed by atoms with E-state index in [0.29, 0.717) is 23.6 Å². The summed E-state index contributed by atoms with van der Waals surface area (Å²) in [6.07, 6.45) is 6.56. The summed E-state index contributed by atoms with van der Waals surface area (Å²) >= 11 is 0. The summed E-state index contributed by atoms with van der Waals surface area (Å²) in [5, 5.41) is 12.4. The second kappa shape index (κ2) is 9.56. The average Bonchev–Trinajstić information content (AvgIpc) is 3.31. The zero-order valence-corrected chi connectivity index (χ0v) is 19.7. The van der Waals surface area contributed by atoms with Gasteiger partial charge >= 0.3 is 0 Å². The van der Waals surface area contributed by atoms with E-state index in [1.54, 1.807) is 10.6 Å². The van der Waals surface area contributed by atoms with Crippen molar-refractivity contribution < 1.29 is 9.13 Å². The third-order valence-corrected chi connectivity index (χ3v) is 7.14. The predicted molar refractivity (Wildman–Crippen MR) is 128 cm³/mol. The van der Waals surface area contributed by atoms with Crippen LogP contribution in [-0.4, -0.2) is 56.9 Å². The van der Waals surface area contributed by atoms with Crippen LogP contribution in [0.4, 0.5) is 4.39 Å². The number of aromatic nitrogens is 4. The van der Waals surface area contributed by atoms with Gasteiger partial charge in [0.2, 0.25) is 0 Å². The first-order valence-electron chi connectivity index (χ1n) is 11.8. The van der Waals surface area contributed by atoms with Gasteiger partial charge in [0.05, 0.1) is 29.1 Å². The number of piperidine rings is 1. The molecule has 0 aromatic carbocycles. The number of pyridine rings is 2. The minimum absolute atomic E-state index is 0. The van der Waals surface area contributed by atoms with Crippen LogP contribution in [0, 0.1) is 5.82 Å². The first-order chi connectivity index (χ1) is 16.2. The largest absolute Gasteiger partial charge is 0.486 e. The van der Waals surface area contributed by atoms with E-state index in [4.69, 9.17) is 4.74 Å². The van der Waals surface area contributed by atoms with E-state index >= 15 is 0 Å². The number of nitrogens with one attached hydrogen (secondary N) is 1. The third kappa shape index (κ3) is 4.28. The van der Waals surface area contributed by atoms with Crippen molar-refractivity contribution in [2.75, 3.05) is 26.2 Å². The van der Waals surface area contributed by atoms with Crippen molar-refractivity contribution in [2.24, 2.45) is 0 Å². The van der Waals surface area contributed by atoms with Gasteiger partial charge in [-0.3, -0.25) is 14.3 Å². The molecule has 0 saturated carbocycles. The average molecular weight is 487 g/mol. The Kier molecular flexibility index (Phi) is 6.50. The second-order valence-electron chi connectivity index (χ2n) is 9.29. The molecule has 6 rings (SSSR count). The standard InChI is InChI=1S/C24H27FN6O2.ClH/c25-19-12-27-21-4-5-22(32)31-18(14-33-24(19)23(21)31)13-30-8-6-16(7-9-30)26-11-17-10-15-2-1-3-20(15)29-28-17;/h4-5,10,12,16,18,26H,1-3,6-9,11,13-14H2;1H/t18-;/m1./s1. The Bertz CT molecular complexity index is 1260. The molecule has 0 spiro atoms. The minimum atomic E-state index is -0.528. The van der Waals surface area contributed by atoms with Crippen molar-refractivity contribution in [3.63, 3.8) is 0 Å². The van der Waals surface area contributed by atoms with Crippen LogP contribution in [0.15, 0.2) is 29.2 Å². The predicted octanol–water partition coefficient (Wildman–Crippen LogP) is 2.42. The summed E-state index contributed by atoms with van der Waals surface area (Å²) in [4.78, 5) is 19.2. The van der Waals surface area contributed by atoms with Crippen molar-refractivity contribution in [3.8, 4) is 5.75 Å². The van der Waals surface area contributed by atoms with E-state index in [1.165, 1.54) is 18.1 Å². The SMILES string of the molecule is Cl.O=c1ccc2ncc(F)c3c2n1[C@H](CN1CCC(NCc2cc4c(nn2)CCC4)CC1)CO3. The molecule has 10 heteroatoms. The highest BCUT2D eigenvalue weighted by Crippen LogP contribution is 2.32. The van der Waals surface area contributed by atoms with Crippen LogP contribution >= 0.6 is 12.4 Å². The Balaban J connectivity index is 0.00000241. The molecule has 3 aromatic rings. The number of rotatable bonds is 5. The summed E-state index contributed by atoms with van der Waals surface area (Å²) in [6, 6.07) is 5.61. The summed E-state index contributed by atoms with van der Waals surface area (Å²) < 4.78 is 21.6. The molecule has 3 aliphatic rings. The Morgan fingerprint density at radius 2 is 2.03 bits per heavy atom. The highest BCUT2D eigenvalue weighted by atomic mass is 35.5. The van der Waals surface area contributed by atoms with Crippen LogP contribution in [0.3, 0.4) is 0 Å². The fourth-order valence-electron chi connectivity index (χ4n) is 5.39. The summed E-state index contributed by atoms with van der Waals surface area (Å²) in [7, 11) is 0. The monoisotopic (exact) mass is 486 g/mol. The van der Waals surface area contributed by atoms with Gasteiger partial charge in [-0.1, -0.05) is 0 Å². The van der Waals surface area contributed by atoms with Crippen molar-refractivity contribution in [1.82, 2.24) is 30.0 Å². The van der Waals surface area contributed by atoms with Crippen molar-refractivity contribution in [2.45, 2.75) is 50.7 Å². The normalized spacial score (nSPS) is 20.1. The van der Waals surface area contributed by atoms with Gasteiger partial charge in [-0.05, 0) is 62.9 Å². The highest BCUT2D eigenvalue weighted by Gasteiger charge is 2.29. The van der Waals surface area contributed by atoms with Crippen molar-refractivity contribution in [3.05, 3.63) is 57.5 Å². The number of hydrogen-bond donors (Lipinski definition) is 1. The van der Waals surface area contributed by atoms with Gasteiger partial charge in [0.1, 0.15) is 12.1 Å². The minimum Gasteiger partial charge on any atom is -0.486 e. The van der Waals surface area contributed by atoms with Gasteiger partial charge in [-0.2, -0.15) is 10.2 Å². The lowest BCUT2D eigenvalue weighted by Crippen LogP contribution is -2.46. The van der Waals surface area contributed by atoms with Gasteiger partial charge in [-0.15, -0.1) is 12.4 Å². The lowest BCUT2D eigenvalue weighted by atomic mass is 10.0. The Hall–Kier alpha value is -2.62. The van der Waals surface area contributed by atoms with Gasteiger partial charge in [0, 0.05) is 25.2 Å². The highest BCUT2D eigenvalue weighted by molar-refractivity contribution is 5.85. The molecule has 1 N–H and O–H groups in total. The molecule has 34 heavy (non-hydrogen) atoms. The molecular formula is C24H28ClFN6O2. The summed E-state index contributed by atoms with van der Waals surface area (Å²) in [6.45, 7) is 3.58. The maximum Gasteiger partial charge on any atom is 0.251 e. The van der Waals surface area contributed by atoms with Crippen molar-refractivity contribution >= 4 is 23.4 Å². The third-order valence-electron chi connectivity index (χ3n) is 7.14. The number of hydrogen-bond acceptors (Lipinski definition) is 7. The van der Waals surface area contributed by atoms with Crippen LogP contribution in [0.5, 0.6) is 5.75 Å². The number of ether oxygens (including phenoxy) is 1. The fourth-order valence-corrected chi connectivity index (χ4v) is 5.39. The van der Waals surface area contributed by atoms with E-state index in [2.05, 4.69) is 31.5 Å². The quantitative estimate of drug-likeness (QED) is 0.592. The molecular weight excluding hydrogens is 459 g/mol. The van der Waals surface area contributed by atoms with E-state index in [9.17, 15) is 9.18 Å².